The van der Waals surface area contributed by atoms with E-state index in [0.717, 1.165) is 38.5 Å². The van der Waals surface area contributed by atoms with Crippen LogP contribution in [0.25, 0.3) is 0 Å². The summed E-state index contributed by atoms with van der Waals surface area (Å²) in [5.41, 5.74) is 0. The molecule has 4 heteroatoms. The fourth-order valence-electron chi connectivity index (χ4n) is 4.50. The Kier molecular flexibility index (Phi) is 17.6. The molecule has 1 rings (SSSR count). The molecule has 180 valence electrons. The Morgan fingerprint density at radius 3 is 1.50 bits per heavy atom. The summed E-state index contributed by atoms with van der Waals surface area (Å²) in [5.74, 6) is 0. The van der Waals surface area contributed by atoms with Crippen LogP contribution in [0.15, 0.2) is 0 Å². The maximum Gasteiger partial charge on any atom is 0.115 e. The average molecular weight is 444 g/mol. The Morgan fingerprint density at radius 1 is 0.733 bits per heavy atom. The highest BCUT2D eigenvalue weighted by Gasteiger charge is 2.22. The van der Waals surface area contributed by atoms with Gasteiger partial charge in [0, 0.05) is 19.3 Å². The van der Waals surface area contributed by atoms with E-state index < -0.39 is 7.34 Å². The minimum atomic E-state index is -2.39. The Bertz CT molecular complexity index is 421. The van der Waals surface area contributed by atoms with Crippen LogP contribution in [-0.2, 0) is 4.52 Å². The van der Waals surface area contributed by atoms with Crippen molar-refractivity contribution in [1.29, 1.82) is 0 Å². The zero-order valence-corrected chi connectivity index (χ0v) is 21.5. The van der Waals surface area contributed by atoms with Crippen LogP contribution in [0.1, 0.15) is 129 Å². The van der Waals surface area contributed by atoms with Crippen LogP contribution >= 0.6 is 7.34 Å². The molecule has 0 radical (unpaired) electrons. The molecule has 1 aliphatic rings. The van der Waals surface area contributed by atoms with Crippen molar-refractivity contribution in [3.05, 3.63) is 0 Å². The molecule has 0 amide bonds. The number of hydrogen-bond acceptors (Lipinski definition) is 3. The Hall–Kier alpha value is 0.180. The van der Waals surface area contributed by atoms with Crippen molar-refractivity contribution in [1.82, 2.24) is 4.90 Å². The van der Waals surface area contributed by atoms with Crippen molar-refractivity contribution in [2.75, 3.05) is 26.3 Å². The maximum absolute atomic E-state index is 10.5. The quantitative estimate of drug-likeness (QED) is 0.153. The standard InChI is InChI=1S/C26H54NO2P/c1-4-5-6-7-8-9-10-11-12-13-14-15-16-17-18-19-20-25-30(3,28)29-26-21-23-27(2)24-22-26/h26,28H,3-25H2,1-2H3. The van der Waals surface area contributed by atoms with Crippen LogP contribution < -0.4 is 0 Å². The molecular formula is C26H54NO2P. The maximum atomic E-state index is 10.5. The molecule has 1 atom stereocenters. The molecule has 0 saturated carbocycles. The summed E-state index contributed by atoms with van der Waals surface area (Å²) in [6, 6.07) is 0. The summed E-state index contributed by atoms with van der Waals surface area (Å²) < 4.78 is 5.98. The van der Waals surface area contributed by atoms with E-state index in [1.807, 2.05) is 0 Å². The molecule has 0 bridgehead atoms. The number of unbranched alkanes of at least 4 members (excludes halogenated alkanes) is 16. The zero-order valence-electron chi connectivity index (χ0n) is 20.6. The third kappa shape index (κ3) is 16.8. The van der Waals surface area contributed by atoms with Gasteiger partial charge < -0.3 is 14.3 Å². The van der Waals surface area contributed by atoms with Gasteiger partial charge in [-0.15, -0.1) is 0 Å². The predicted molar refractivity (Wildman–Crippen MR) is 137 cm³/mol. The monoisotopic (exact) mass is 443 g/mol. The van der Waals surface area contributed by atoms with Gasteiger partial charge in [-0.3, -0.25) is 0 Å². The van der Waals surface area contributed by atoms with E-state index in [1.54, 1.807) is 0 Å². The van der Waals surface area contributed by atoms with Gasteiger partial charge in [-0.2, -0.15) is 0 Å². The van der Waals surface area contributed by atoms with Crippen LogP contribution in [-0.4, -0.2) is 48.5 Å². The van der Waals surface area contributed by atoms with Gasteiger partial charge in [-0.25, -0.2) is 0 Å². The molecule has 0 aromatic rings. The second-order valence-electron chi connectivity index (χ2n) is 9.83. The van der Waals surface area contributed by atoms with Crippen molar-refractivity contribution >= 4 is 13.6 Å². The molecule has 1 heterocycles. The highest BCUT2D eigenvalue weighted by Crippen LogP contribution is 2.45. The van der Waals surface area contributed by atoms with Crippen molar-refractivity contribution in [3.63, 3.8) is 0 Å². The fourth-order valence-corrected chi connectivity index (χ4v) is 6.09. The summed E-state index contributed by atoms with van der Waals surface area (Å²) in [4.78, 5) is 12.9. The van der Waals surface area contributed by atoms with Crippen LogP contribution in [0.4, 0.5) is 0 Å². The summed E-state index contributed by atoms with van der Waals surface area (Å²) in [7, 11) is -0.237. The van der Waals surface area contributed by atoms with Gasteiger partial charge in [-0.1, -0.05) is 116 Å². The lowest BCUT2D eigenvalue weighted by molar-refractivity contribution is 0.114. The molecule has 0 spiro atoms. The fraction of sp³-hybridized carbons (Fsp3) is 0.962. The Morgan fingerprint density at radius 2 is 1.10 bits per heavy atom. The highest BCUT2D eigenvalue weighted by molar-refractivity contribution is 7.63. The second-order valence-corrected chi connectivity index (χ2v) is 12.2. The minimum absolute atomic E-state index is 0.225. The lowest BCUT2D eigenvalue weighted by Gasteiger charge is -2.32. The van der Waals surface area contributed by atoms with Crippen molar-refractivity contribution < 1.29 is 9.42 Å². The number of piperidine rings is 1. The van der Waals surface area contributed by atoms with E-state index in [1.165, 1.54) is 103 Å². The highest BCUT2D eigenvalue weighted by atomic mass is 31.2. The van der Waals surface area contributed by atoms with Gasteiger partial charge in [0.15, 0.2) is 0 Å². The summed E-state index contributed by atoms with van der Waals surface area (Å²) in [6.45, 7) is 4.44. The molecule has 30 heavy (non-hydrogen) atoms. The largest absolute Gasteiger partial charge is 0.353 e. The topological polar surface area (TPSA) is 32.7 Å². The SMILES string of the molecule is C=P(O)(CCCCCCCCCCCCCCCCCCC)OC1CCN(C)CC1. The van der Waals surface area contributed by atoms with E-state index in [-0.39, 0.29) is 6.10 Å². The molecule has 1 aliphatic heterocycles. The summed E-state index contributed by atoms with van der Waals surface area (Å²) in [5, 5.41) is 0. The molecule has 0 aromatic heterocycles. The number of hydrogen-bond donors (Lipinski definition) is 1. The van der Waals surface area contributed by atoms with Gasteiger partial charge in [0.05, 0.1) is 6.10 Å². The van der Waals surface area contributed by atoms with Crippen LogP contribution in [0.3, 0.4) is 0 Å². The van der Waals surface area contributed by atoms with Gasteiger partial charge in [0.25, 0.3) is 0 Å². The lowest BCUT2D eigenvalue weighted by Crippen LogP contribution is -2.33. The van der Waals surface area contributed by atoms with Crippen LogP contribution in [0, 0.1) is 0 Å². The van der Waals surface area contributed by atoms with E-state index in [9.17, 15) is 4.89 Å². The van der Waals surface area contributed by atoms with E-state index in [4.69, 9.17) is 4.52 Å². The first-order chi connectivity index (χ1) is 14.5. The molecule has 3 nitrogen and oxygen atoms in total. The minimum Gasteiger partial charge on any atom is -0.353 e. The first kappa shape index (κ1) is 28.2. The summed E-state index contributed by atoms with van der Waals surface area (Å²) >= 11 is 0. The number of nitrogens with zero attached hydrogens (tertiary/aromatic N) is 1. The predicted octanol–water partition coefficient (Wildman–Crippen LogP) is 8.02. The number of rotatable bonds is 20. The van der Waals surface area contributed by atoms with Crippen molar-refractivity contribution in [3.8, 4) is 0 Å². The summed E-state index contributed by atoms with van der Waals surface area (Å²) in [6.07, 6.45) is 30.6. The van der Waals surface area contributed by atoms with Gasteiger partial charge >= 0.3 is 0 Å². The van der Waals surface area contributed by atoms with Crippen LogP contribution in [0.2, 0.25) is 0 Å². The molecule has 1 N–H and O–H groups in total. The Labute approximate surface area is 189 Å². The van der Waals surface area contributed by atoms with Crippen molar-refractivity contribution in [2.24, 2.45) is 0 Å². The lowest BCUT2D eigenvalue weighted by atomic mass is 10.0. The van der Waals surface area contributed by atoms with E-state index in [2.05, 4.69) is 25.2 Å². The van der Waals surface area contributed by atoms with Gasteiger partial charge in [0.1, 0.15) is 7.34 Å². The third-order valence-corrected chi connectivity index (χ3v) is 8.33. The third-order valence-electron chi connectivity index (χ3n) is 6.62. The molecule has 1 saturated heterocycles. The van der Waals surface area contributed by atoms with E-state index in [0.29, 0.717) is 0 Å². The molecule has 0 aliphatic carbocycles. The first-order valence-electron chi connectivity index (χ1n) is 13.4. The first-order valence-corrected chi connectivity index (χ1v) is 15.4. The normalized spacial score (nSPS) is 18.0. The van der Waals surface area contributed by atoms with Crippen molar-refractivity contribution in [2.45, 2.75) is 135 Å². The zero-order chi connectivity index (χ0) is 21.9. The molecule has 0 aromatic carbocycles. The number of likely N-dealkylation sites (tertiary alicyclic amines) is 1. The van der Waals surface area contributed by atoms with E-state index >= 15 is 0 Å². The average Bonchev–Trinajstić information content (AvgIpc) is 2.72. The van der Waals surface area contributed by atoms with Crippen LogP contribution in [0.5, 0.6) is 0 Å². The van der Waals surface area contributed by atoms with Gasteiger partial charge in [-0.05, 0) is 26.3 Å². The molecular weight excluding hydrogens is 389 g/mol. The second kappa shape index (κ2) is 18.7. The molecule has 1 unspecified atom stereocenters. The molecule has 1 fully saturated rings. The smallest absolute Gasteiger partial charge is 0.115 e. The van der Waals surface area contributed by atoms with Gasteiger partial charge in [0.2, 0.25) is 0 Å². The Balaban J connectivity index is 1.80.